The van der Waals surface area contributed by atoms with E-state index in [0.29, 0.717) is 5.92 Å². The van der Waals surface area contributed by atoms with Gasteiger partial charge < -0.3 is 14.4 Å². The maximum Gasteiger partial charge on any atom is 0.251 e. The average Bonchev–Trinajstić information content (AvgIpc) is 3.36. The summed E-state index contributed by atoms with van der Waals surface area (Å²) in [5.74, 6) is 1.58. The van der Waals surface area contributed by atoms with Crippen molar-refractivity contribution in [2.45, 2.75) is 57.3 Å². The molecule has 1 aromatic rings. The number of hydrogen-bond donors (Lipinski definition) is 0. The monoisotopic (exact) mass is 372 g/mol. The molecule has 0 saturated carbocycles. The number of carbonyl (C=O) groups excluding carboxylic acids is 1. The Balaban J connectivity index is 1.33. The summed E-state index contributed by atoms with van der Waals surface area (Å²) in [7, 11) is 1.70. The Kier molecular flexibility index (Phi) is 5.42. The molecule has 3 saturated heterocycles. The molecule has 3 atom stereocenters. The highest BCUT2D eigenvalue weighted by Gasteiger charge is 2.49. The van der Waals surface area contributed by atoms with Crippen molar-refractivity contribution in [2.75, 3.05) is 33.3 Å². The average molecular weight is 373 g/mol. The molecule has 1 amide bonds. The molecule has 0 N–H and O–H groups in total. The number of ether oxygens (including phenoxy) is 2. The van der Waals surface area contributed by atoms with Crippen LogP contribution in [-0.4, -0.2) is 60.7 Å². The van der Waals surface area contributed by atoms with Gasteiger partial charge in [0.1, 0.15) is 11.9 Å². The predicted molar refractivity (Wildman–Crippen MR) is 105 cm³/mol. The SMILES string of the molecule is COc1ccc(CN2CC[C@@]3(CCC(C(=O)N4CCCC4)O3)[C@H](C)C2)cc1. The second kappa shape index (κ2) is 7.80. The van der Waals surface area contributed by atoms with Gasteiger partial charge >= 0.3 is 0 Å². The summed E-state index contributed by atoms with van der Waals surface area (Å²) in [6.45, 7) is 7.13. The highest BCUT2D eigenvalue weighted by atomic mass is 16.5. The topological polar surface area (TPSA) is 42.0 Å². The Morgan fingerprint density at radius 1 is 1.19 bits per heavy atom. The molecule has 148 valence electrons. The second-order valence-electron chi connectivity index (χ2n) is 8.48. The van der Waals surface area contributed by atoms with Crippen LogP contribution in [0.5, 0.6) is 5.75 Å². The molecule has 3 fully saturated rings. The molecule has 3 aliphatic heterocycles. The first-order valence-electron chi connectivity index (χ1n) is 10.4. The quantitative estimate of drug-likeness (QED) is 0.815. The highest BCUT2D eigenvalue weighted by molar-refractivity contribution is 5.81. The van der Waals surface area contributed by atoms with Gasteiger partial charge in [0.25, 0.3) is 5.91 Å². The minimum atomic E-state index is -0.210. The van der Waals surface area contributed by atoms with Crippen LogP contribution in [0, 0.1) is 5.92 Å². The van der Waals surface area contributed by atoms with Crippen molar-refractivity contribution in [2.24, 2.45) is 5.92 Å². The summed E-state index contributed by atoms with van der Waals surface area (Å²) in [6.07, 6.45) is 5.00. The molecule has 0 aromatic heterocycles. The first-order chi connectivity index (χ1) is 13.1. The van der Waals surface area contributed by atoms with Crippen LogP contribution in [0.3, 0.4) is 0 Å². The minimum Gasteiger partial charge on any atom is -0.497 e. The number of nitrogens with zero attached hydrogens (tertiary/aromatic N) is 2. The Bertz CT molecular complexity index is 656. The standard InChI is InChI=1S/C22H32N2O3/c1-17-15-23(16-18-5-7-19(26-2)8-6-18)14-11-22(17)10-9-20(27-22)21(25)24-12-3-4-13-24/h5-8,17,20H,3-4,9-16H2,1-2H3/t17-,20?,22+/m1/s1. The van der Waals surface area contributed by atoms with Crippen molar-refractivity contribution >= 4 is 5.91 Å². The Hall–Kier alpha value is -1.59. The first kappa shape index (κ1) is 18.8. The van der Waals surface area contributed by atoms with E-state index in [9.17, 15) is 4.79 Å². The number of amides is 1. The van der Waals surface area contributed by atoms with Crippen LogP contribution in [0.4, 0.5) is 0 Å². The molecule has 1 spiro atoms. The van der Waals surface area contributed by atoms with E-state index in [1.807, 2.05) is 17.0 Å². The minimum absolute atomic E-state index is 0.101. The lowest BCUT2D eigenvalue weighted by atomic mass is 9.80. The van der Waals surface area contributed by atoms with Gasteiger partial charge in [-0.3, -0.25) is 9.69 Å². The molecule has 5 heteroatoms. The summed E-state index contributed by atoms with van der Waals surface area (Å²) in [6, 6.07) is 8.34. The lowest BCUT2D eigenvalue weighted by molar-refractivity contribution is -0.156. The molecule has 4 rings (SSSR count). The van der Waals surface area contributed by atoms with Crippen LogP contribution in [0.1, 0.15) is 44.6 Å². The number of hydrogen-bond acceptors (Lipinski definition) is 4. The summed E-state index contributed by atoms with van der Waals surface area (Å²) in [5, 5.41) is 0. The van der Waals surface area contributed by atoms with Gasteiger partial charge in [0.05, 0.1) is 12.7 Å². The lowest BCUT2D eigenvalue weighted by Crippen LogP contribution is -2.51. The maximum atomic E-state index is 12.7. The molecule has 0 aliphatic carbocycles. The Morgan fingerprint density at radius 3 is 2.59 bits per heavy atom. The van der Waals surface area contributed by atoms with Crippen molar-refractivity contribution in [1.82, 2.24) is 9.80 Å². The Labute approximate surface area is 162 Å². The Morgan fingerprint density at radius 2 is 1.93 bits per heavy atom. The normalized spacial score (nSPS) is 31.6. The third-order valence-corrected chi connectivity index (χ3v) is 6.75. The zero-order chi connectivity index (χ0) is 18.9. The summed E-state index contributed by atoms with van der Waals surface area (Å²) in [4.78, 5) is 17.2. The zero-order valence-electron chi connectivity index (χ0n) is 16.7. The van der Waals surface area contributed by atoms with E-state index < -0.39 is 0 Å². The number of carbonyl (C=O) groups is 1. The third kappa shape index (κ3) is 3.85. The second-order valence-corrected chi connectivity index (χ2v) is 8.48. The van der Waals surface area contributed by atoms with Crippen LogP contribution < -0.4 is 4.74 Å². The molecule has 0 radical (unpaired) electrons. The molecular formula is C22H32N2O3. The van der Waals surface area contributed by atoms with Crippen LogP contribution in [-0.2, 0) is 16.1 Å². The van der Waals surface area contributed by atoms with E-state index >= 15 is 0 Å². The van der Waals surface area contributed by atoms with Crippen molar-refractivity contribution in [1.29, 1.82) is 0 Å². The van der Waals surface area contributed by atoms with Gasteiger partial charge in [-0.25, -0.2) is 0 Å². The van der Waals surface area contributed by atoms with Crippen molar-refractivity contribution in [3.8, 4) is 5.75 Å². The fraction of sp³-hybridized carbons (Fsp3) is 0.682. The van der Waals surface area contributed by atoms with Gasteiger partial charge in [0.2, 0.25) is 0 Å². The highest BCUT2D eigenvalue weighted by Crippen LogP contribution is 2.43. The van der Waals surface area contributed by atoms with Crippen LogP contribution >= 0.6 is 0 Å². The number of piperidine rings is 1. The third-order valence-electron chi connectivity index (χ3n) is 6.75. The fourth-order valence-electron chi connectivity index (χ4n) is 5.01. The number of methoxy groups -OCH3 is 1. The summed E-state index contributed by atoms with van der Waals surface area (Å²) >= 11 is 0. The van der Waals surface area contributed by atoms with E-state index in [2.05, 4.69) is 24.0 Å². The van der Waals surface area contributed by atoms with Crippen LogP contribution in [0.2, 0.25) is 0 Å². The molecule has 3 aliphatic rings. The van der Waals surface area contributed by atoms with E-state index in [-0.39, 0.29) is 17.6 Å². The largest absolute Gasteiger partial charge is 0.497 e. The molecule has 1 unspecified atom stereocenters. The van der Waals surface area contributed by atoms with E-state index in [1.165, 1.54) is 5.56 Å². The van der Waals surface area contributed by atoms with Crippen molar-refractivity contribution in [3.05, 3.63) is 29.8 Å². The van der Waals surface area contributed by atoms with E-state index in [0.717, 1.165) is 70.6 Å². The molecule has 0 bridgehead atoms. The number of likely N-dealkylation sites (tertiary alicyclic amines) is 2. The molecular weight excluding hydrogens is 340 g/mol. The van der Waals surface area contributed by atoms with Gasteiger partial charge in [0.15, 0.2) is 0 Å². The van der Waals surface area contributed by atoms with Gasteiger partial charge in [-0.1, -0.05) is 19.1 Å². The van der Waals surface area contributed by atoms with Gasteiger partial charge in [-0.2, -0.15) is 0 Å². The zero-order valence-corrected chi connectivity index (χ0v) is 16.7. The van der Waals surface area contributed by atoms with Gasteiger partial charge in [-0.15, -0.1) is 0 Å². The van der Waals surface area contributed by atoms with Crippen LogP contribution in [0.25, 0.3) is 0 Å². The molecule has 5 nitrogen and oxygen atoms in total. The summed E-state index contributed by atoms with van der Waals surface area (Å²) in [5.41, 5.74) is 1.21. The molecule has 1 aromatic carbocycles. The predicted octanol–water partition coefficient (Wildman–Crippen LogP) is 3.08. The summed E-state index contributed by atoms with van der Waals surface area (Å²) < 4.78 is 11.7. The molecule has 27 heavy (non-hydrogen) atoms. The first-order valence-corrected chi connectivity index (χ1v) is 10.4. The molecule has 3 heterocycles. The van der Waals surface area contributed by atoms with Gasteiger partial charge in [-0.05, 0) is 55.7 Å². The smallest absolute Gasteiger partial charge is 0.251 e. The van der Waals surface area contributed by atoms with Crippen molar-refractivity contribution in [3.63, 3.8) is 0 Å². The number of rotatable bonds is 4. The van der Waals surface area contributed by atoms with E-state index in [4.69, 9.17) is 9.47 Å². The van der Waals surface area contributed by atoms with Crippen molar-refractivity contribution < 1.29 is 14.3 Å². The lowest BCUT2D eigenvalue weighted by Gasteiger charge is -2.44. The van der Waals surface area contributed by atoms with Gasteiger partial charge in [0, 0.05) is 32.7 Å². The number of benzene rings is 1. The maximum absolute atomic E-state index is 12.7. The van der Waals surface area contributed by atoms with Crippen LogP contribution in [0.15, 0.2) is 24.3 Å². The van der Waals surface area contributed by atoms with E-state index in [1.54, 1.807) is 7.11 Å². The fourth-order valence-corrected chi connectivity index (χ4v) is 5.01.